The van der Waals surface area contributed by atoms with Crippen molar-refractivity contribution in [3.63, 3.8) is 0 Å². The zero-order valence-electron chi connectivity index (χ0n) is 18.3. The van der Waals surface area contributed by atoms with E-state index in [0.717, 1.165) is 17.7 Å². The van der Waals surface area contributed by atoms with Crippen LogP contribution in [0.25, 0.3) is 0 Å². The Morgan fingerprint density at radius 2 is 1.61 bits per heavy atom. The number of anilines is 2. The Bertz CT molecular complexity index is 1090. The number of methoxy groups -OCH3 is 1. The molecule has 0 fully saturated rings. The third-order valence-corrected chi connectivity index (χ3v) is 6.32. The van der Waals surface area contributed by atoms with Crippen molar-refractivity contribution < 1.29 is 13.2 Å². The number of sulfonamides is 1. The van der Waals surface area contributed by atoms with E-state index in [-0.39, 0.29) is 10.3 Å². The monoisotopic (exact) mass is 439 g/mol. The van der Waals surface area contributed by atoms with Crippen LogP contribution in [0, 0.1) is 0 Å². The molecule has 2 N–H and O–H groups in total. The highest BCUT2D eigenvalue weighted by Gasteiger charge is 2.17. The molecule has 6 nitrogen and oxygen atoms in total. The van der Waals surface area contributed by atoms with E-state index in [2.05, 4.69) is 35.8 Å². The summed E-state index contributed by atoms with van der Waals surface area (Å²) in [5, 5.41) is 3.24. The van der Waals surface area contributed by atoms with Gasteiger partial charge in [-0.1, -0.05) is 45.0 Å². The molecule has 0 aliphatic heterocycles. The van der Waals surface area contributed by atoms with Crippen LogP contribution in [0.4, 0.5) is 11.5 Å². The van der Waals surface area contributed by atoms with Crippen molar-refractivity contribution in [2.45, 2.75) is 37.5 Å². The molecular formula is C24H29N3O3S. The topological polar surface area (TPSA) is 80.3 Å². The zero-order valence-corrected chi connectivity index (χ0v) is 19.2. The van der Waals surface area contributed by atoms with E-state index in [1.165, 1.54) is 11.8 Å². The fourth-order valence-electron chi connectivity index (χ4n) is 3.03. The van der Waals surface area contributed by atoms with Gasteiger partial charge in [-0.3, -0.25) is 4.72 Å². The lowest BCUT2D eigenvalue weighted by Gasteiger charge is -2.19. The largest absolute Gasteiger partial charge is 0.497 e. The maximum atomic E-state index is 12.7. The maximum Gasteiger partial charge on any atom is 0.261 e. The van der Waals surface area contributed by atoms with E-state index in [1.807, 2.05) is 36.4 Å². The van der Waals surface area contributed by atoms with Crippen LogP contribution in [0.15, 0.2) is 71.8 Å². The Kier molecular flexibility index (Phi) is 6.85. The number of hydrogen-bond donors (Lipinski definition) is 2. The number of nitrogens with one attached hydrogen (secondary N) is 2. The highest BCUT2D eigenvalue weighted by Crippen LogP contribution is 2.24. The van der Waals surface area contributed by atoms with Crippen molar-refractivity contribution in [3.05, 3.63) is 78.0 Å². The predicted molar refractivity (Wildman–Crippen MR) is 125 cm³/mol. The van der Waals surface area contributed by atoms with Crippen LogP contribution < -0.4 is 14.8 Å². The van der Waals surface area contributed by atoms with Crippen molar-refractivity contribution in [2.24, 2.45) is 0 Å². The molecule has 0 unspecified atom stereocenters. The molecule has 0 amide bonds. The highest BCUT2D eigenvalue weighted by atomic mass is 32.2. The van der Waals surface area contributed by atoms with Crippen molar-refractivity contribution in [3.8, 4) is 5.75 Å². The molecule has 0 aliphatic carbocycles. The van der Waals surface area contributed by atoms with Crippen LogP contribution in [0.2, 0.25) is 0 Å². The zero-order chi connectivity index (χ0) is 22.5. The summed E-state index contributed by atoms with van der Waals surface area (Å²) in [6.07, 6.45) is 2.35. The SMILES string of the molecule is COc1ccc(CCNc2ccc(NS(=O)(=O)c3ccc(C(C)(C)C)cc3)cn2)cc1. The predicted octanol–water partition coefficient (Wildman–Crippen LogP) is 4.84. The molecule has 3 aromatic rings. The van der Waals surface area contributed by atoms with Crippen molar-refractivity contribution >= 4 is 21.5 Å². The number of pyridine rings is 1. The lowest BCUT2D eigenvalue weighted by Crippen LogP contribution is -2.15. The van der Waals surface area contributed by atoms with E-state index >= 15 is 0 Å². The van der Waals surface area contributed by atoms with E-state index in [0.29, 0.717) is 18.1 Å². The first-order valence-electron chi connectivity index (χ1n) is 10.1. The lowest BCUT2D eigenvalue weighted by atomic mass is 9.87. The number of ether oxygens (including phenoxy) is 1. The molecule has 7 heteroatoms. The molecule has 2 aromatic carbocycles. The average Bonchev–Trinajstić information content (AvgIpc) is 2.75. The van der Waals surface area contributed by atoms with E-state index in [9.17, 15) is 8.42 Å². The van der Waals surface area contributed by atoms with Gasteiger partial charge in [0, 0.05) is 6.54 Å². The Hall–Kier alpha value is -3.06. The summed E-state index contributed by atoms with van der Waals surface area (Å²) in [6, 6.07) is 18.3. The Balaban J connectivity index is 1.56. The van der Waals surface area contributed by atoms with Gasteiger partial charge >= 0.3 is 0 Å². The molecular weight excluding hydrogens is 410 g/mol. The first-order chi connectivity index (χ1) is 14.7. The fraction of sp³-hybridized carbons (Fsp3) is 0.292. The molecule has 0 bridgehead atoms. The minimum atomic E-state index is -3.67. The number of aromatic nitrogens is 1. The molecule has 0 saturated heterocycles. The number of benzene rings is 2. The van der Waals surface area contributed by atoms with Crippen LogP contribution in [-0.4, -0.2) is 27.1 Å². The lowest BCUT2D eigenvalue weighted by molar-refractivity contribution is 0.414. The molecule has 0 radical (unpaired) electrons. The van der Waals surface area contributed by atoms with E-state index in [4.69, 9.17) is 4.74 Å². The minimum Gasteiger partial charge on any atom is -0.497 e. The van der Waals surface area contributed by atoms with Crippen LogP contribution in [0.5, 0.6) is 5.75 Å². The first-order valence-corrected chi connectivity index (χ1v) is 11.6. The molecule has 0 saturated carbocycles. The summed E-state index contributed by atoms with van der Waals surface area (Å²) in [5.74, 6) is 1.52. The second kappa shape index (κ2) is 9.39. The number of hydrogen-bond acceptors (Lipinski definition) is 5. The van der Waals surface area contributed by atoms with Gasteiger partial charge in [-0.25, -0.2) is 13.4 Å². The standard InChI is InChI=1S/C24H29N3O3S/c1-24(2,3)19-7-12-22(13-8-19)31(28,29)27-20-9-14-23(26-17-20)25-16-15-18-5-10-21(30-4)11-6-18/h5-14,17,27H,15-16H2,1-4H3,(H,25,26). The first kappa shape index (κ1) is 22.6. The second-order valence-corrected chi connectivity index (χ2v) is 10.0. The summed E-state index contributed by atoms with van der Waals surface area (Å²) >= 11 is 0. The summed E-state index contributed by atoms with van der Waals surface area (Å²) < 4.78 is 33.1. The van der Waals surface area contributed by atoms with E-state index in [1.54, 1.807) is 31.4 Å². The van der Waals surface area contributed by atoms with Crippen molar-refractivity contribution in [1.29, 1.82) is 0 Å². The third-order valence-electron chi connectivity index (χ3n) is 4.93. The third kappa shape index (κ3) is 6.21. The van der Waals surface area contributed by atoms with Crippen LogP contribution in [-0.2, 0) is 21.9 Å². The molecule has 1 heterocycles. The van der Waals surface area contributed by atoms with Crippen LogP contribution in [0.3, 0.4) is 0 Å². The van der Waals surface area contributed by atoms with Gasteiger partial charge in [0.15, 0.2) is 0 Å². The molecule has 31 heavy (non-hydrogen) atoms. The Morgan fingerprint density at radius 3 is 2.16 bits per heavy atom. The van der Waals surface area contributed by atoms with Gasteiger partial charge in [-0.15, -0.1) is 0 Å². The molecule has 164 valence electrons. The quantitative estimate of drug-likeness (QED) is 0.525. The van der Waals surface area contributed by atoms with Crippen molar-refractivity contribution in [1.82, 2.24) is 4.98 Å². The van der Waals surface area contributed by atoms with Gasteiger partial charge in [-0.2, -0.15) is 0 Å². The summed E-state index contributed by atoms with van der Waals surface area (Å²) in [4.78, 5) is 4.53. The number of rotatable bonds is 8. The summed E-state index contributed by atoms with van der Waals surface area (Å²) in [6.45, 7) is 6.98. The second-order valence-electron chi connectivity index (χ2n) is 8.34. The molecule has 0 atom stereocenters. The summed E-state index contributed by atoms with van der Waals surface area (Å²) in [7, 11) is -2.02. The summed E-state index contributed by atoms with van der Waals surface area (Å²) in [5.41, 5.74) is 2.66. The van der Waals surface area contributed by atoms with Crippen LogP contribution >= 0.6 is 0 Å². The molecule has 0 aliphatic rings. The highest BCUT2D eigenvalue weighted by molar-refractivity contribution is 7.92. The minimum absolute atomic E-state index is 0.0319. The average molecular weight is 440 g/mol. The van der Waals surface area contributed by atoms with Gasteiger partial charge in [0.2, 0.25) is 0 Å². The number of nitrogens with zero attached hydrogens (tertiary/aromatic N) is 1. The fourth-order valence-corrected chi connectivity index (χ4v) is 4.08. The Labute approximate surface area is 184 Å². The molecule has 0 spiro atoms. The van der Waals surface area contributed by atoms with Gasteiger partial charge in [-0.05, 0) is 59.4 Å². The Morgan fingerprint density at radius 1 is 0.935 bits per heavy atom. The van der Waals surface area contributed by atoms with Gasteiger partial charge in [0.1, 0.15) is 11.6 Å². The van der Waals surface area contributed by atoms with Crippen molar-refractivity contribution in [2.75, 3.05) is 23.7 Å². The molecule has 3 rings (SSSR count). The van der Waals surface area contributed by atoms with E-state index < -0.39 is 10.0 Å². The van der Waals surface area contributed by atoms with Crippen LogP contribution in [0.1, 0.15) is 31.9 Å². The van der Waals surface area contributed by atoms with Gasteiger partial charge < -0.3 is 10.1 Å². The maximum absolute atomic E-state index is 12.7. The normalized spacial score (nSPS) is 11.7. The smallest absolute Gasteiger partial charge is 0.261 e. The molecule has 1 aromatic heterocycles. The van der Waals surface area contributed by atoms with Gasteiger partial charge in [0.05, 0.1) is 23.9 Å². The van der Waals surface area contributed by atoms with Gasteiger partial charge in [0.25, 0.3) is 10.0 Å².